The van der Waals surface area contributed by atoms with Gasteiger partial charge in [0, 0.05) is 12.1 Å². The van der Waals surface area contributed by atoms with Gasteiger partial charge in [-0.15, -0.1) is 0 Å². The minimum atomic E-state index is -0.443. The largest absolute Gasteiger partial charge is 0.373 e. The zero-order valence-electron chi connectivity index (χ0n) is 28.2. The highest BCUT2D eigenvalue weighted by Crippen LogP contribution is 2.32. The van der Waals surface area contributed by atoms with Crippen LogP contribution in [0.5, 0.6) is 0 Å². The first kappa shape index (κ1) is 36.8. The van der Waals surface area contributed by atoms with Crippen LogP contribution in [0, 0.1) is 0 Å². The first-order valence-corrected chi connectivity index (χ1v) is 14.1. The summed E-state index contributed by atoms with van der Waals surface area (Å²) in [4.78, 5) is 2.32. The van der Waals surface area contributed by atoms with E-state index in [2.05, 4.69) is 137 Å². The van der Waals surface area contributed by atoms with Crippen LogP contribution in [-0.4, -0.2) is 83.1 Å². The minimum Gasteiger partial charge on any atom is -0.373 e. The zero-order valence-corrected chi connectivity index (χ0v) is 28.2. The Balaban J connectivity index is 6.95. The normalized spacial score (nSPS) is 18.2. The van der Waals surface area contributed by atoms with Gasteiger partial charge in [-0.1, -0.05) is 0 Å². The number of hydrogen-bond acceptors (Lipinski definition) is 6. The first-order valence-electron chi connectivity index (χ1n) is 14.1. The van der Waals surface area contributed by atoms with Crippen molar-refractivity contribution >= 4 is 0 Å². The molecule has 0 rings (SSSR count). The van der Waals surface area contributed by atoms with E-state index in [4.69, 9.17) is 23.7 Å². The molecule has 0 radical (unpaired) electrons. The van der Waals surface area contributed by atoms with Gasteiger partial charge in [-0.05, 0) is 132 Å². The second-order valence-electron chi connectivity index (χ2n) is 16.4. The topological polar surface area (TPSA) is 49.4 Å². The quantitative estimate of drug-likeness (QED) is 0.279. The van der Waals surface area contributed by atoms with Crippen LogP contribution in [0.2, 0.25) is 0 Å². The van der Waals surface area contributed by atoms with Gasteiger partial charge in [0.1, 0.15) is 18.3 Å². The Bertz CT molecular complexity index is 650. The Morgan fingerprint density at radius 1 is 0.459 bits per heavy atom. The highest BCUT2D eigenvalue weighted by molar-refractivity contribution is 4.94. The molecule has 4 atom stereocenters. The fourth-order valence-electron chi connectivity index (χ4n) is 3.71. The summed E-state index contributed by atoms with van der Waals surface area (Å²) in [6, 6.07) is 0. The van der Waals surface area contributed by atoms with Crippen LogP contribution in [-0.2, 0) is 23.7 Å². The van der Waals surface area contributed by atoms with E-state index in [1.54, 1.807) is 0 Å². The number of hydrogen-bond donors (Lipinski definition) is 0. The number of likely N-dealkylation sites (N-methyl/N-ethyl adjacent to an activating group) is 1. The lowest BCUT2D eigenvalue weighted by atomic mass is 9.96. The molecule has 0 bridgehead atoms. The molecule has 0 spiro atoms. The van der Waals surface area contributed by atoms with Crippen LogP contribution >= 0.6 is 0 Å². The summed E-state index contributed by atoms with van der Waals surface area (Å²) >= 11 is 0. The van der Waals surface area contributed by atoms with Gasteiger partial charge in [-0.25, -0.2) is 0 Å². The molecule has 0 heterocycles. The van der Waals surface area contributed by atoms with E-state index < -0.39 is 29.0 Å². The van der Waals surface area contributed by atoms with Crippen LogP contribution in [0.1, 0.15) is 125 Å². The van der Waals surface area contributed by atoms with Crippen molar-refractivity contribution in [1.82, 2.24) is 4.90 Å². The third-order valence-electron chi connectivity index (χ3n) is 5.33. The molecular formula is C31H65NO5. The van der Waals surface area contributed by atoms with E-state index >= 15 is 0 Å². The fourth-order valence-corrected chi connectivity index (χ4v) is 3.71. The van der Waals surface area contributed by atoms with Crippen LogP contribution in [0.4, 0.5) is 0 Å². The SMILES string of the molecule is CN(C[C@H](OC(C)(C)C)[C@@H](OC(C)(C)C)[C@H](OC(C)(C)C)[C@@H](COC(C)(C)C)OC(C)(C)C)C(C)(C)C. The van der Waals surface area contributed by atoms with Crippen LogP contribution in [0.25, 0.3) is 0 Å². The van der Waals surface area contributed by atoms with Crippen LogP contribution in [0.15, 0.2) is 0 Å². The molecule has 6 heteroatoms. The van der Waals surface area contributed by atoms with Gasteiger partial charge < -0.3 is 23.7 Å². The van der Waals surface area contributed by atoms with Gasteiger partial charge >= 0.3 is 0 Å². The smallest absolute Gasteiger partial charge is 0.115 e. The Labute approximate surface area is 231 Å². The molecule has 0 saturated heterocycles. The average Bonchev–Trinajstić information content (AvgIpc) is 2.55. The maximum absolute atomic E-state index is 6.88. The molecule has 224 valence electrons. The van der Waals surface area contributed by atoms with Crippen LogP contribution in [0.3, 0.4) is 0 Å². The summed E-state index contributed by atoms with van der Waals surface area (Å²) in [6.07, 6.45) is -1.52. The number of rotatable bonds is 11. The summed E-state index contributed by atoms with van der Waals surface area (Å²) < 4.78 is 33.5. The lowest BCUT2D eigenvalue weighted by Gasteiger charge is -2.47. The molecule has 0 saturated carbocycles. The summed E-state index contributed by atoms with van der Waals surface area (Å²) in [5.74, 6) is 0. The van der Waals surface area contributed by atoms with Gasteiger partial charge in [0.15, 0.2) is 0 Å². The maximum Gasteiger partial charge on any atom is 0.115 e. The Hall–Kier alpha value is -0.240. The zero-order chi connectivity index (χ0) is 29.8. The number of nitrogens with zero attached hydrogens (tertiary/aromatic N) is 1. The summed E-state index contributed by atoms with van der Waals surface area (Å²) in [7, 11) is 2.14. The van der Waals surface area contributed by atoms with Gasteiger partial charge in [0.25, 0.3) is 0 Å². The lowest BCUT2D eigenvalue weighted by Crippen LogP contribution is -2.60. The molecule has 0 unspecified atom stereocenters. The van der Waals surface area contributed by atoms with Crippen LogP contribution < -0.4 is 0 Å². The second-order valence-corrected chi connectivity index (χ2v) is 16.4. The van der Waals surface area contributed by atoms with E-state index in [0.717, 1.165) is 0 Å². The molecule has 0 aliphatic carbocycles. The molecular weight excluding hydrogens is 466 g/mol. The predicted octanol–water partition coefficient (Wildman–Crippen LogP) is 7.27. The summed E-state index contributed by atoms with van der Waals surface area (Å²) in [6.45, 7) is 38.9. The van der Waals surface area contributed by atoms with E-state index in [1.807, 2.05) is 0 Å². The molecule has 0 aromatic rings. The molecule has 6 nitrogen and oxygen atoms in total. The Morgan fingerprint density at radius 2 is 0.784 bits per heavy atom. The van der Waals surface area contributed by atoms with Gasteiger partial charge in [0.2, 0.25) is 0 Å². The summed E-state index contributed by atoms with van der Waals surface area (Å²) in [5.41, 5.74) is -2.00. The third-order valence-corrected chi connectivity index (χ3v) is 5.33. The Kier molecular flexibility index (Phi) is 12.9. The average molecular weight is 532 g/mol. The van der Waals surface area contributed by atoms with Crippen molar-refractivity contribution in [3.63, 3.8) is 0 Å². The van der Waals surface area contributed by atoms with E-state index in [1.165, 1.54) is 0 Å². The monoisotopic (exact) mass is 531 g/mol. The molecule has 0 amide bonds. The van der Waals surface area contributed by atoms with Gasteiger partial charge in [-0.2, -0.15) is 0 Å². The highest BCUT2D eigenvalue weighted by Gasteiger charge is 2.45. The van der Waals surface area contributed by atoms with E-state index in [9.17, 15) is 0 Å². The summed E-state index contributed by atoms with van der Waals surface area (Å²) in [5, 5.41) is 0. The van der Waals surface area contributed by atoms with E-state index in [-0.39, 0.29) is 28.9 Å². The number of ether oxygens (including phenoxy) is 5. The molecule has 0 fully saturated rings. The van der Waals surface area contributed by atoms with Crippen molar-refractivity contribution in [2.75, 3.05) is 20.2 Å². The van der Waals surface area contributed by atoms with Crippen molar-refractivity contribution in [1.29, 1.82) is 0 Å². The molecule has 0 aliphatic heterocycles. The predicted molar refractivity (Wildman–Crippen MR) is 157 cm³/mol. The van der Waals surface area contributed by atoms with Crippen molar-refractivity contribution in [2.24, 2.45) is 0 Å². The lowest BCUT2D eigenvalue weighted by molar-refractivity contribution is -0.262. The third kappa shape index (κ3) is 17.9. The maximum atomic E-state index is 6.88. The van der Waals surface area contributed by atoms with Crippen molar-refractivity contribution in [3.8, 4) is 0 Å². The van der Waals surface area contributed by atoms with Gasteiger partial charge in [-0.3, -0.25) is 4.90 Å². The molecule has 0 aromatic carbocycles. The minimum absolute atomic E-state index is 0.0389. The Morgan fingerprint density at radius 3 is 1.08 bits per heavy atom. The van der Waals surface area contributed by atoms with E-state index in [0.29, 0.717) is 13.2 Å². The van der Waals surface area contributed by atoms with Crippen molar-refractivity contribution in [2.45, 2.75) is 183 Å². The first-order chi connectivity index (χ1) is 16.0. The molecule has 0 aliphatic rings. The second kappa shape index (κ2) is 13.0. The molecule has 0 aromatic heterocycles. The molecule has 37 heavy (non-hydrogen) atoms. The van der Waals surface area contributed by atoms with Gasteiger partial charge in [0.05, 0.1) is 40.7 Å². The highest BCUT2D eigenvalue weighted by atomic mass is 16.6. The fraction of sp³-hybridized carbons (Fsp3) is 1.00. The molecule has 0 N–H and O–H groups in total. The standard InChI is InChI=1S/C31H65NO5/c1-26(2,3)32(19)20-22(34-28(7,8)9)24(36-30(13,14)15)25(37-31(16,17)18)23(35-29(10,11)12)21-33-27(4,5)6/h22-25H,20-21H2,1-19H3/t22-,23+,24+,25+/m0/s1. The van der Waals surface area contributed by atoms with Crippen molar-refractivity contribution < 1.29 is 23.7 Å². The van der Waals surface area contributed by atoms with Crippen molar-refractivity contribution in [3.05, 3.63) is 0 Å².